The third kappa shape index (κ3) is 8.32. The van der Waals surface area contributed by atoms with E-state index in [1.807, 2.05) is 61.3 Å². The minimum absolute atomic E-state index is 0.0531. The summed E-state index contributed by atoms with van der Waals surface area (Å²) in [6.07, 6.45) is 11.6. The number of urea groups is 2. The Kier molecular flexibility index (Phi) is 11.4. The number of fused-ring (bicyclic) bond motifs is 2. The van der Waals surface area contributed by atoms with Crippen molar-refractivity contribution in [2.45, 2.75) is 77.5 Å². The van der Waals surface area contributed by atoms with Crippen molar-refractivity contribution in [1.82, 2.24) is 39.0 Å². The maximum atomic E-state index is 14.7. The molecule has 4 aliphatic rings. The minimum Gasteiger partial charge on any atom is -0.391 e. The second-order valence-corrected chi connectivity index (χ2v) is 17.1. The van der Waals surface area contributed by atoms with Gasteiger partial charge in [0.2, 0.25) is 0 Å². The van der Waals surface area contributed by atoms with Crippen LogP contribution in [0.15, 0.2) is 73.3 Å². The van der Waals surface area contributed by atoms with Crippen molar-refractivity contribution < 1.29 is 23.5 Å². The van der Waals surface area contributed by atoms with Gasteiger partial charge in [0.25, 0.3) is 0 Å². The van der Waals surface area contributed by atoms with Crippen molar-refractivity contribution >= 4 is 46.4 Å². The number of β-amino-alcohol motifs (C(OH)–C–C–N with tert-alkyl or cyclic N) is 1. The van der Waals surface area contributed by atoms with E-state index >= 15 is 0 Å². The highest BCUT2D eigenvalue weighted by atomic mass is 19.1. The Morgan fingerprint density at radius 3 is 1.58 bits per heavy atom. The maximum absolute atomic E-state index is 14.7. The zero-order chi connectivity index (χ0) is 43.1. The van der Waals surface area contributed by atoms with Gasteiger partial charge in [-0.3, -0.25) is 0 Å². The summed E-state index contributed by atoms with van der Waals surface area (Å²) in [5.41, 5.74) is 5.41. The van der Waals surface area contributed by atoms with Crippen molar-refractivity contribution in [3.05, 3.63) is 107 Å². The number of aliphatic hydroxyl groups is 1. The van der Waals surface area contributed by atoms with Gasteiger partial charge in [-0.1, -0.05) is 31.2 Å². The van der Waals surface area contributed by atoms with Crippen molar-refractivity contribution in [1.29, 1.82) is 0 Å². The van der Waals surface area contributed by atoms with Crippen LogP contribution in [0.3, 0.4) is 0 Å². The molecule has 0 bridgehead atoms. The van der Waals surface area contributed by atoms with E-state index in [1.54, 1.807) is 44.7 Å². The molecule has 8 heterocycles. The number of amides is 4. The molecule has 4 aliphatic heterocycles. The van der Waals surface area contributed by atoms with Crippen LogP contribution in [0.1, 0.15) is 79.8 Å². The van der Waals surface area contributed by atoms with Gasteiger partial charge in [0, 0.05) is 62.8 Å². The number of nitrogens with zero attached hydrogens (tertiary/aromatic N) is 10. The van der Waals surface area contributed by atoms with E-state index in [9.17, 15) is 23.5 Å². The number of aliphatic hydroxyl groups excluding tert-OH is 1. The Balaban J connectivity index is 0.000000158. The zero-order valence-corrected chi connectivity index (χ0v) is 35.2. The second-order valence-electron chi connectivity index (χ2n) is 17.1. The number of rotatable bonds is 6. The van der Waals surface area contributed by atoms with Crippen LogP contribution in [-0.4, -0.2) is 102 Å². The topological polar surface area (TPSA) is 152 Å². The molecule has 0 unspecified atom stereocenters. The van der Waals surface area contributed by atoms with E-state index in [0.717, 1.165) is 81.0 Å². The SMILES string of the molecule is Cc1ccc([C@H]2CCCN2c2ccn3ncc(NC(=O)N4CC[C@H](C)C4)c3n2)c(F)c1.Cc1ccc([C@H]2CCCN2c2ccn3ncc(NC(=O)N4CC[C@H](O)C4)c3n2)c(F)c1. The Morgan fingerprint density at radius 1 is 0.661 bits per heavy atom. The fraction of sp³-hybridized carbons (Fsp3) is 0.422. The largest absolute Gasteiger partial charge is 0.391 e. The average molecular weight is 847 g/mol. The van der Waals surface area contributed by atoms with Gasteiger partial charge in [-0.05, 0) is 93.7 Å². The first-order valence-electron chi connectivity index (χ1n) is 21.5. The zero-order valence-electron chi connectivity index (χ0n) is 35.2. The standard InChI is InChI=1S/C23H27FN6O.C22H25FN6O2/c1-15-5-6-17(18(24)12-15)20-4-3-9-29(20)21-8-11-30-22(27-21)19(13-25-30)26-23(31)28-10-7-16(2)14-28;1-14-4-5-16(17(23)11-14)19-3-2-8-28(19)20-7-10-29-21(26-20)18(12-24-29)25-22(31)27-9-6-15(30)13-27/h5-6,8,11-13,16,20H,3-4,7,9-10,14H2,1-2H3,(H,26,31);4-5,7,10-12,15,19,30H,2-3,6,8-9,13H2,1H3,(H,25,31)/t16-,20+;15-,19+/m00/s1. The Labute approximate surface area is 358 Å². The molecule has 4 fully saturated rings. The summed E-state index contributed by atoms with van der Waals surface area (Å²) in [5.74, 6) is 1.65. The van der Waals surface area contributed by atoms with Crippen LogP contribution < -0.4 is 20.4 Å². The molecule has 0 saturated carbocycles. The van der Waals surface area contributed by atoms with E-state index in [1.165, 1.54) is 0 Å². The van der Waals surface area contributed by atoms with Crippen molar-refractivity contribution in [3.8, 4) is 0 Å². The quantitative estimate of drug-likeness (QED) is 0.155. The first kappa shape index (κ1) is 41.0. The highest BCUT2D eigenvalue weighted by Gasteiger charge is 2.32. The lowest BCUT2D eigenvalue weighted by Gasteiger charge is -2.26. The van der Waals surface area contributed by atoms with Gasteiger partial charge in [-0.15, -0.1) is 0 Å². The summed E-state index contributed by atoms with van der Waals surface area (Å²) in [4.78, 5) is 42.4. The number of likely N-dealkylation sites (tertiary alicyclic amines) is 2. The molecule has 17 heteroatoms. The summed E-state index contributed by atoms with van der Waals surface area (Å²) in [7, 11) is 0. The molecule has 0 spiro atoms. The van der Waals surface area contributed by atoms with Crippen molar-refractivity contribution in [2.24, 2.45) is 5.92 Å². The van der Waals surface area contributed by atoms with Crippen molar-refractivity contribution in [2.75, 3.05) is 59.7 Å². The molecule has 4 saturated heterocycles. The number of aromatic nitrogens is 6. The van der Waals surface area contributed by atoms with Crippen LogP contribution in [-0.2, 0) is 0 Å². The third-order valence-corrected chi connectivity index (χ3v) is 12.5. The first-order valence-corrected chi connectivity index (χ1v) is 21.5. The van der Waals surface area contributed by atoms with Crippen LogP contribution in [0.4, 0.5) is 41.4 Å². The molecule has 4 amide bonds. The monoisotopic (exact) mass is 846 g/mol. The molecule has 10 rings (SSSR count). The van der Waals surface area contributed by atoms with Crippen LogP contribution in [0, 0.1) is 31.4 Å². The van der Waals surface area contributed by atoms with E-state index in [2.05, 4.69) is 37.6 Å². The van der Waals surface area contributed by atoms with E-state index in [0.29, 0.717) is 59.2 Å². The number of benzene rings is 2. The van der Waals surface area contributed by atoms with E-state index < -0.39 is 6.10 Å². The fourth-order valence-electron chi connectivity index (χ4n) is 9.18. The highest BCUT2D eigenvalue weighted by Crippen LogP contribution is 2.38. The summed E-state index contributed by atoms with van der Waals surface area (Å²) in [5, 5.41) is 24.1. The van der Waals surface area contributed by atoms with Gasteiger partial charge in [0.05, 0.1) is 30.6 Å². The lowest BCUT2D eigenvalue weighted by atomic mass is 10.0. The van der Waals surface area contributed by atoms with Gasteiger partial charge in [-0.25, -0.2) is 37.4 Å². The molecule has 2 aromatic carbocycles. The predicted molar refractivity (Wildman–Crippen MR) is 232 cm³/mol. The molecule has 4 atom stereocenters. The van der Waals surface area contributed by atoms with Crippen LogP contribution >= 0.6 is 0 Å². The number of anilines is 4. The second kappa shape index (κ2) is 17.2. The van der Waals surface area contributed by atoms with Gasteiger partial charge >= 0.3 is 12.1 Å². The fourth-order valence-corrected chi connectivity index (χ4v) is 9.18. The summed E-state index contributed by atoms with van der Waals surface area (Å²) < 4.78 is 32.6. The van der Waals surface area contributed by atoms with Crippen LogP contribution in [0.5, 0.6) is 0 Å². The summed E-state index contributed by atoms with van der Waals surface area (Å²) >= 11 is 0. The molecule has 0 radical (unpaired) electrons. The molecule has 6 aromatic rings. The van der Waals surface area contributed by atoms with Gasteiger partial charge in [0.1, 0.15) is 34.6 Å². The number of carbonyl (C=O) groups is 2. The lowest BCUT2D eigenvalue weighted by Crippen LogP contribution is -2.33. The number of carbonyl (C=O) groups excluding carboxylic acids is 2. The number of nitrogens with one attached hydrogen (secondary N) is 2. The van der Waals surface area contributed by atoms with E-state index in [4.69, 9.17) is 9.97 Å². The van der Waals surface area contributed by atoms with E-state index in [-0.39, 0.29) is 35.8 Å². The van der Waals surface area contributed by atoms with Gasteiger partial charge in [-0.2, -0.15) is 10.2 Å². The Hall–Kier alpha value is -6.36. The molecular formula is C45H52F2N12O3. The Morgan fingerprint density at radius 2 is 1.15 bits per heavy atom. The number of aryl methyl sites for hydroxylation is 2. The van der Waals surface area contributed by atoms with Gasteiger partial charge < -0.3 is 35.3 Å². The van der Waals surface area contributed by atoms with Crippen LogP contribution in [0.2, 0.25) is 0 Å². The molecule has 324 valence electrons. The van der Waals surface area contributed by atoms with Crippen LogP contribution in [0.25, 0.3) is 11.3 Å². The number of hydrogen-bond donors (Lipinski definition) is 3. The minimum atomic E-state index is -0.478. The number of halogens is 2. The molecule has 0 aliphatic carbocycles. The predicted octanol–water partition coefficient (Wildman–Crippen LogP) is 7.51. The first-order chi connectivity index (χ1) is 30.0. The summed E-state index contributed by atoms with van der Waals surface area (Å²) in [6, 6.07) is 14.0. The average Bonchev–Trinajstić information content (AvgIpc) is 4.12. The molecular weight excluding hydrogens is 795 g/mol. The normalized spacial score (nSPS) is 21.3. The Bertz CT molecular complexity index is 2440. The smallest absolute Gasteiger partial charge is 0.322 e. The maximum Gasteiger partial charge on any atom is 0.322 e. The molecule has 3 N–H and O–H groups in total. The highest BCUT2D eigenvalue weighted by molar-refractivity contribution is 5.94. The third-order valence-electron chi connectivity index (χ3n) is 12.5. The lowest BCUT2D eigenvalue weighted by molar-refractivity contribution is 0.176. The molecule has 4 aromatic heterocycles. The van der Waals surface area contributed by atoms with Gasteiger partial charge in [0.15, 0.2) is 11.3 Å². The van der Waals surface area contributed by atoms with Crippen molar-refractivity contribution in [3.63, 3.8) is 0 Å². The summed E-state index contributed by atoms with van der Waals surface area (Å²) in [6.45, 7) is 9.89. The molecule has 62 heavy (non-hydrogen) atoms. The number of hydrogen-bond acceptors (Lipinski definition) is 9. The molecule has 15 nitrogen and oxygen atoms in total.